The molecule has 1 fully saturated rings. The summed E-state index contributed by atoms with van der Waals surface area (Å²) >= 11 is 0. The molecule has 1 N–H and O–H groups in total. The summed E-state index contributed by atoms with van der Waals surface area (Å²) < 4.78 is 17.5. The molecule has 0 saturated carbocycles. The van der Waals surface area contributed by atoms with Gasteiger partial charge in [-0.2, -0.15) is 0 Å². The molecule has 2 aromatic carbocycles. The number of carbonyl (C=O) groups excluding carboxylic acids is 1. The lowest BCUT2D eigenvalue weighted by Crippen LogP contribution is -2.45. The van der Waals surface area contributed by atoms with Gasteiger partial charge in [0.2, 0.25) is 0 Å². The van der Waals surface area contributed by atoms with E-state index >= 15 is 0 Å². The number of amides is 1. The van der Waals surface area contributed by atoms with Gasteiger partial charge in [-0.25, -0.2) is 0 Å². The number of ether oxygens (including phenoxy) is 3. The number of aryl methyl sites for hydroxylation is 1. The van der Waals surface area contributed by atoms with Gasteiger partial charge in [-0.1, -0.05) is 36.4 Å². The van der Waals surface area contributed by atoms with Crippen molar-refractivity contribution in [3.05, 3.63) is 59.7 Å². The summed E-state index contributed by atoms with van der Waals surface area (Å²) in [5, 5.41) is 3.13. The SMILES string of the molecule is COc1ccccc1CN1C[C@@H]2NC(=O)COc3ccccc3CCCCO[C@H]2C1. The number of benzene rings is 2. The zero-order valence-corrected chi connectivity index (χ0v) is 17.5. The van der Waals surface area contributed by atoms with Gasteiger partial charge in [-0.15, -0.1) is 0 Å². The summed E-state index contributed by atoms with van der Waals surface area (Å²) in [6.45, 7) is 3.00. The Labute approximate surface area is 178 Å². The second-order valence-corrected chi connectivity index (χ2v) is 7.94. The number of para-hydroxylation sites is 2. The molecule has 6 nitrogen and oxygen atoms in total. The Morgan fingerprint density at radius 3 is 2.83 bits per heavy atom. The number of carbonyl (C=O) groups is 1. The number of hydrogen-bond donors (Lipinski definition) is 1. The fourth-order valence-electron chi connectivity index (χ4n) is 4.26. The van der Waals surface area contributed by atoms with Gasteiger partial charge in [0.25, 0.3) is 5.91 Å². The molecule has 1 saturated heterocycles. The van der Waals surface area contributed by atoms with Gasteiger partial charge in [0.15, 0.2) is 6.61 Å². The van der Waals surface area contributed by atoms with Crippen molar-refractivity contribution in [3.63, 3.8) is 0 Å². The number of methoxy groups -OCH3 is 1. The first-order chi connectivity index (χ1) is 14.7. The monoisotopic (exact) mass is 410 g/mol. The number of nitrogens with one attached hydrogen (secondary N) is 1. The average Bonchev–Trinajstić information content (AvgIpc) is 3.13. The maximum Gasteiger partial charge on any atom is 0.258 e. The number of likely N-dealkylation sites (tertiary alicyclic amines) is 1. The van der Waals surface area contributed by atoms with Crippen molar-refractivity contribution < 1.29 is 19.0 Å². The first kappa shape index (κ1) is 20.7. The van der Waals surface area contributed by atoms with Gasteiger partial charge in [0.05, 0.1) is 19.3 Å². The Hall–Kier alpha value is -2.57. The molecule has 1 amide bonds. The van der Waals surface area contributed by atoms with E-state index in [2.05, 4.69) is 22.3 Å². The number of nitrogens with zero attached hydrogens (tertiary/aromatic N) is 1. The second-order valence-electron chi connectivity index (χ2n) is 7.94. The predicted octanol–water partition coefficient (Wildman–Crippen LogP) is 2.80. The van der Waals surface area contributed by atoms with E-state index < -0.39 is 0 Å². The molecule has 2 aliphatic heterocycles. The molecule has 0 aromatic heterocycles. The van der Waals surface area contributed by atoms with Crippen molar-refractivity contribution in [1.82, 2.24) is 10.2 Å². The minimum Gasteiger partial charge on any atom is -0.496 e. The summed E-state index contributed by atoms with van der Waals surface area (Å²) in [6, 6.07) is 16.0. The van der Waals surface area contributed by atoms with Gasteiger partial charge in [0.1, 0.15) is 11.5 Å². The Bertz CT molecular complexity index is 857. The van der Waals surface area contributed by atoms with Crippen LogP contribution in [-0.2, 0) is 22.5 Å². The highest BCUT2D eigenvalue weighted by Gasteiger charge is 2.35. The first-order valence-electron chi connectivity index (χ1n) is 10.7. The fraction of sp³-hybridized carbons (Fsp3) is 0.458. The largest absolute Gasteiger partial charge is 0.496 e. The van der Waals surface area contributed by atoms with E-state index in [1.54, 1.807) is 7.11 Å². The Morgan fingerprint density at radius 1 is 1.10 bits per heavy atom. The van der Waals surface area contributed by atoms with Crippen molar-refractivity contribution in [1.29, 1.82) is 0 Å². The highest BCUT2D eigenvalue weighted by atomic mass is 16.5. The Kier molecular flexibility index (Phi) is 6.87. The molecule has 2 atom stereocenters. The Morgan fingerprint density at radius 2 is 1.93 bits per heavy atom. The molecule has 0 aliphatic carbocycles. The number of rotatable bonds is 3. The molecule has 6 heteroatoms. The third-order valence-electron chi connectivity index (χ3n) is 5.78. The molecule has 0 unspecified atom stereocenters. The van der Waals surface area contributed by atoms with Crippen LogP contribution in [0.5, 0.6) is 11.5 Å². The van der Waals surface area contributed by atoms with E-state index in [-0.39, 0.29) is 24.7 Å². The van der Waals surface area contributed by atoms with Crippen LogP contribution in [0.25, 0.3) is 0 Å². The highest BCUT2D eigenvalue weighted by molar-refractivity contribution is 5.78. The fourth-order valence-corrected chi connectivity index (χ4v) is 4.26. The lowest BCUT2D eigenvalue weighted by Gasteiger charge is -2.20. The summed E-state index contributed by atoms with van der Waals surface area (Å²) in [6.07, 6.45) is 2.92. The maximum absolute atomic E-state index is 12.6. The van der Waals surface area contributed by atoms with Crippen LogP contribution >= 0.6 is 0 Å². The molecular formula is C24H30N2O4. The molecule has 0 bridgehead atoms. The highest BCUT2D eigenvalue weighted by Crippen LogP contribution is 2.24. The molecule has 0 spiro atoms. The normalized spacial score (nSPS) is 23.0. The molecule has 30 heavy (non-hydrogen) atoms. The average molecular weight is 411 g/mol. The van der Waals surface area contributed by atoms with E-state index in [1.165, 1.54) is 0 Å². The van der Waals surface area contributed by atoms with Crippen molar-refractivity contribution in [2.45, 2.75) is 38.0 Å². The number of hydrogen-bond acceptors (Lipinski definition) is 5. The molecular weight excluding hydrogens is 380 g/mol. The predicted molar refractivity (Wildman–Crippen MR) is 115 cm³/mol. The van der Waals surface area contributed by atoms with E-state index in [0.717, 1.165) is 61.5 Å². The van der Waals surface area contributed by atoms with Crippen LogP contribution in [0.3, 0.4) is 0 Å². The lowest BCUT2D eigenvalue weighted by molar-refractivity contribution is -0.124. The van der Waals surface area contributed by atoms with Crippen molar-refractivity contribution in [2.75, 3.05) is 33.4 Å². The molecule has 0 radical (unpaired) electrons. The van der Waals surface area contributed by atoms with Gasteiger partial charge < -0.3 is 19.5 Å². The molecule has 2 aliphatic rings. The summed E-state index contributed by atoms with van der Waals surface area (Å²) in [5.41, 5.74) is 2.28. The third-order valence-corrected chi connectivity index (χ3v) is 5.78. The second kappa shape index (κ2) is 9.96. The van der Waals surface area contributed by atoms with Crippen LogP contribution in [0.15, 0.2) is 48.5 Å². The number of fused-ring (bicyclic) bond motifs is 2. The van der Waals surface area contributed by atoms with E-state index in [1.807, 2.05) is 36.4 Å². The zero-order chi connectivity index (χ0) is 20.8. The van der Waals surface area contributed by atoms with Gasteiger partial charge in [-0.3, -0.25) is 9.69 Å². The van der Waals surface area contributed by atoms with Crippen LogP contribution in [-0.4, -0.2) is 56.4 Å². The van der Waals surface area contributed by atoms with Crippen LogP contribution < -0.4 is 14.8 Å². The van der Waals surface area contributed by atoms with Crippen LogP contribution in [0.4, 0.5) is 0 Å². The topological polar surface area (TPSA) is 60.0 Å². The van der Waals surface area contributed by atoms with E-state index in [9.17, 15) is 4.79 Å². The Balaban J connectivity index is 1.43. The summed E-state index contributed by atoms with van der Waals surface area (Å²) in [5.74, 6) is 1.58. The van der Waals surface area contributed by atoms with Crippen LogP contribution in [0, 0.1) is 0 Å². The smallest absolute Gasteiger partial charge is 0.258 e. The van der Waals surface area contributed by atoms with E-state index in [0.29, 0.717) is 6.61 Å². The third kappa shape index (κ3) is 5.12. The van der Waals surface area contributed by atoms with Crippen molar-refractivity contribution >= 4 is 5.91 Å². The van der Waals surface area contributed by atoms with Gasteiger partial charge in [0, 0.05) is 31.8 Å². The van der Waals surface area contributed by atoms with Crippen molar-refractivity contribution in [2.24, 2.45) is 0 Å². The molecule has 160 valence electrons. The minimum absolute atomic E-state index is 0.0206. The first-order valence-corrected chi connectivity index (χ1v) is 10.7. The molecule has 4 rings (SSSR count). The van der Waals surface area contributed by atoms with Crippen LogP contribution in [0.2, 0.25) is 0 Å². The van der Waals surface area contributed by atoms with E-state index in [4.69, 9.17) is 14.2 Å². The van der Waals surface area contributed by atoms with Crippen LogP contribution in [0.1, 0.15) is 24.0 Å². The molecule has 2 aromatic rings. The van der Waals surface area contributed by atoms with Gasteiger partial charge >= 0.3 is 0 Å². The maximum atomic E-state index is 12.6. The quantitative estimate of drug-likeness (QED) is 0.843. The lowest BCUT2D eigenvalue weighted by atomic mass is 10.1. The summed E-state index contributed by atoms with van der Waals surface area (Å²) in [4.78, 5) is 14.9. The minimum atomic E-state index is -0.109. The zero-order valence-electron chi connectivity index (χ0n) is 17.5. The van der Waals surface area contributed by atoms with Gasteiger partial charge in [-0.05, 0) is 37.0 Å². The standard InChI is InChI=1S/C24H30N2O4/c1-28-21-11-4-3-10-19(21)14-26-15-20-23(16-26)29-13-7-6-9-18-8-2-5-12-22(18)30-17-24(27)25-20/h2-5,8,10-12,20,23H,6-7,9,13-17H2,1H3,(H,25,27)/t20-,23-/m0/s1. The van der Waals surface area contributed by atoms with Crippen molar-refractivity contribution in [3.8, 4) is 11.5 Å². The summed E-state index contributed by atoms with van der Waals surface area (Å²) in [7, 11) is 1.69. The molecule has 2 heterocycles.